The number of nitrogens with zero attached hydrogens (tertiary/aromatic N) is 2. The number of sulfonamides is 1. The second-order valence-corrected chi connectivity index (χ2v) is 12.7. The fraction of sp³-hybridized carbons (Fsp3) is 0.375. The van der Waals surface area contributed by atoms with E-state index in [1.807, 2.05) is 50.2 Å². The van der Waals surface area contributed by atoms with E-state index in [9.17, 15) is 18.0 Å². The van der Waals surface area contributed by atoms with Gasteiger partial charge in [0.2, 0.25) is 21.8 Å². The normalized spacial score (nSPS) is 13.2. The quantitative estimate of drug-likeness (QED) is 0.315. The number of rotatable bonds is 13. The summed E-state index contributed by atoms with van der Waals surface area (Å²) in [6.07, 6.45) is 1.28. The molecule has 1 aliphatic rings. The molecule has 0 fully saturated rings. The Kier molecular flexibility index (Phi) is 10.5. The van der Waals surface area contributed by atoms with Crippen LogP contribution < -0.4 is 23.8 Å². The van der Waals surface area contributed by atoms with Crippen molar-refractivity contribution in [3.8, 4) is 17.2 Å². The van der Waals surface area contributed by atoms with E-state index >= 15 is 0 Å². The predicted molar refractivity (Wildman–Crippen MR) is 165 cm³/mol. The number of carbonyl (C=O) groups excluding carboxylic acids is 2. The maximum Gasteiger partial charge on any atom is 0.244 e. The molecule has 11 heteroatoms. The molecule has 0 saturated heterocycles. The molecule has 0 saturated carbocycles. The first-order valence-corrected chi connectivity index (χ1v) is 16.0. The number of nitrogens with one attached hydrogen (secondary N) is 1. The van der Waals surface area contributed by atoms with Crippen molar-refractivity contribution in [1.82, 2.24) is 10.2 Å². The molecule has 1 atom stereocenters. The minimum absolute atomic E-state index is 0.0569. The van der Waals surface area contributed by atoms with Crippen molar-refractivity contribution in [3.05, 3.63) is 83.9 Å². The van der Waals surface area contributed by atoms with Gasteiger partial charge in [-0.05, 0) is 41.3 Å². The van der Waals surface area contributed by atoms with Gasteiger partial charge in [-0.2, -0.15) is 0 Å². The van der Waals surface area contributed by atoms with Crippen LogP contribution in [0.1, 0.15) is 25.0 Å². The Balaban J connectivity index is 1.73. The van der Waals surface area contributed by atoms with E-state index in [2.05, 4.69) is 5.32 Å². The van der Waals surface area contributed by atoms with Crippen LogP contribution in [0, 0.1) is 5.92 Å². The van der Waals surface area contributed by atoms with Crippen LogP contribution in [0.15, 0.2) is 72.8 Å². The Morgan fingerprint density at radius 2 is 1.63 bits per heavy atom. The summed E-state index contributed by atoms with van der Waals surface area (Å²) in [5.74, 6) is 0.831. The van der Waals surface area contributed by atoms with Crippen molar-refractivity contribution in [2.75, 3.05) is 44.0 Å². The predicted octanol–water partition coefficient (Wildman–Crippen LogP) is 3.64. The zero-order valence-electron chi connectivity index (χ0n) is 25.0. The van der Waals surface area contributed by atoms with Crippen molar-refractivity contribution in [2.24, 2.45) is 5.92 Å². The lowest BCUT2D eigenvalue weighted by molar-refractivity contribution is -0.140. The van der Waals surface area contributed by atoms with Crippen molar-refractivity contribution in [3.63, 3.8) is 0 Å². The summed E-state index contributed by atoms with van der Waals surface area (Å²) in [4.78, 5) is 29.4. The summed E-state index contributed by atoms with van der Waals surface area (Å²) in [5.41, 5.74) is 1.85. The van der Waals surface area contributed by atoms with Crippen molar-refractivity contribution < 1.29 is 32.2 Å². The molecule has 43 heavy (non-hydrogen) atoms. The third-order valence-electron chi connectivity index (χ3n) is 6.94. The van der Waals surface area contributed by atoms with E-state index in [-0.39, 0.29) is 30.5 Å². The zero-order chi connectivity index (χ0) is 31.0. The largest absolute Gasteiger partial charge is 0.497 e. The molecule has 3 aromatic rings. The fourth-order valence-corrected chi connectivity index (χ4v) is 5.59. The minimum Gasteiger partial charge on any atom is -0.497 e. The van der Waals surface area contributed by atoms with E-state index in [0.717, 1.165) is 21.7 Å². The molecule has 0 unspecified atom stereocenters. The average molecular weight is 610 g/mol. The van der Waals surface area contributed by atoms with E-state index < -0.39 is 28.5 Å². The second-order valence-electron chi connectivity index (χ2n) is 10.8. The second kappa shape index (κ2) is 14.3. The van der Waals surface area contributed by atoms with Gasteiger partial charge < -0.3 is 24.4 Å². The SMILES string of the molecule is COc1cccc(CN(C(=O)CN(c2ccc3c(c2)OCCO3)S(C)(=O)=O)[C@@H](Cc2ccccc2)C(=O)NCC(C)C)c1. The minimum atomic E-state index is -3.91. The van der Waals surface area contributed by atoms with Crippen molar-refractivity contribution in [1.29, 1.82) is 0 Å². The van der Waals surface area contributed by atoms with Gasteiger partial charge in [-0.15, -0.1) is 0 Å². The summed E-state index contributed by atoms with van der Waals surface area (Å²) in [6.45, 7) is 4.66. The summed E-state index contributed by atoms with van der Waals surface area (Å²) in [6, 6.07) is 20.5. The van der Waals surface area contributed by atoms with Crippen LogP contribution in [0.25, 0.3) is 0 Å². The molecule has 0 radical (unpaired) electrons. The molecule has 1 aliphatic heterocycles. The van der Waals surface area contributed by atoms with Crippen LogP contribution in [0.5, 0.6) is 17.2 Å². The molecule has 230 valence electrons. The van der Waals surface area contributed by atoms with Gasteiger partial charge in [0.1, 0.15) is 31.5 Å². The number of hydrogen-bond acceptors (Lipinski definition) is 7. The Hall–Kier alpha value is -4.25. The van der Waals surface area contributed by atoms with Crippen LogP contribution in [0.3, 0.4) is 0 Å². The average Bonchev–Trinajstić information content (AvgIpc) is 3.00. The first-order chi connectivity index (χ1) is 20.5. The van der Waals surface area contributed by atoms with Gasteiger partial charge in [0.05, 0.1) is 19.1 Å². The van der Waals surface area contributed by atoms with E-state index in [4.69, 9.17) is 14.2 Å². The number of carbonyl (C=O) groups is 2. The number of anilines is 1. The van der Waals surface area contributed by atoms with Crippen molar-refractivity contribution >= 4 is 27.5 Å². The van der Waals surface area contributed by atoms with Crippen LogP contribution in [0.2, 0.25) is 0 Å². The Labute approximate surface area is 253 Å². The summed E-state index contributed by atoms with van der Waals surface area (Å²) >= 11 is 0. The number of ether oxygens (including phenoxy) is 3. The zero-order valence-corrected chi connectivity index (χ0v) is 25.8. The molecule has 3 aromatic carbocycles. The van der Waals surface area contributed by atoms with E-state index in [0.29, 0.717) is 37.0 Å². The van der Waals surface area contributed by atoms with E-state index in [1.165, 1.54) is 4.90 Å². The highest BCUT2D eigenvalue weighted by molar-refractivity contribution is 7.92. The summed E-state index contributed by atoms with van der Waals surface area (Å²) < 4.78 is 43.8. The van der Waals surface area contributed by atoms with Gasteiger partial charge in [-0.3, -0.25) is 13.9 Å². The maximum atomic E-state index is 14.2. The number of amides is 2. The molecule has 0 aromatic heterocycles. The number of hydrogen-bond donors (Lipinski definition) is 1. The first-order valence-electron chi connectivity index (χ1n) is 14.2. The van der Waals surface area contributed by atoms with Crippen molar-refractivity contribution in [2.45, 2.75) is 32.9 Å². The van der Waals surface area contributed by atoms with Crippen LogP contribution in [0.4, 0.5) is 5.69 Å². The molecule has 0 bridgehead atoms. The van der Waals surface area contributed by atoms with Gasteiger partial charge in [-0.1, -0.05) is 56.3 Å². The highest BCUT2D eigenvalue weighted by atomic mass is 32.2. The smallest absolute Gasteiger partial charge is 0.244 e. The lowest BCUT2D eigenvalue weighted by Gasteiger charge is -2.34. The Morgan fingerprint density at radius 3 is 2.30 bits per heavy atom. The van der Waals surface area contributed by atoms with Crippen LogP contribution in [-0.2, 0) is 32.6 Å². The number of fused-ring (bicyclic) bond motifs is 1. The molecule has 4 rings (SSSR count). The molecule has 1 heterocycles. The third-order valence-corrected chi connectivity index (χ3v) is 8.08. The molecular formula is C32H39N3O7S. The summed E-state index contributed by atoms with van der Waals surface area (Å²) in [7, 11) is -2.36. The number of methoxy groups -OCH3 is 1. The molecule has 1 N–H and O–H groups in total. The monoisotopic (exact) mass is 609 g/mol. The molecule has 0 spiro atoms. The van der Waals surface area contributed by atoms with Crippen LogP contribution in [-0.4, -0.2) is 70.8 Å². The Bertz CT molecular complexity index is 1510. The summed E-state index contributed by atoms with van der Waals surface area (Å²) in [5, 5.41) is 2.98. The van der Waals surface area contributed by atoms with Gasteiger partial charge in [0.25, 0.3) is 0 Å². The van der Waals surface area contributed by atoms with Gasteiger partial charge in [0.15, 0.2) is 11.5 Å². The standard InChI is InChI=1S/C32H39N3O7S/c1-23(2)20-33-32(37)28(18-24-9-6-5-7-10-24)34(21-25-11-8-12-27(17-25)40-3)31(36)22-35(43(4,38)39)26-13-14-29-30(19-26)42-16-15-41-29/h5-14,17,19,23,28H,15-16,18,20-22H2,1-4H3,(H,33,37)/t28-/m0/s1. The molecular weight excluding hydrogens is 570 g/mol. The third kappa shape index (κ3) is 8.63. The fourth-order valence-electron chi connectivity index (χ4n) is 4.74. The first kappa shape index (κ1) is 31.7. The molecule has 2 amide bonds. The molecule has 0 aliphatic carbocycles. The highest BCUT2D eigenvalue weighted by Crippen LogP contribution is 2.35. The highest BCUT2D eigenvalue weighted by Gasteiger charge is 2.33. The Morgan fingerprint density at radius 1 is 0.930 bits per heavy atom. The number of benzene rings is 3. The van der Waals surface area contributed by atoms with Crippen LogP contribution >= 0.6 is 0 Å². The topological polar surface area (TPSA) is 114 Å². The van der Waals surface area contributed by atoms with Gasteiger partial charge >= 0.3 is 0 Å². The lowest BCUT2D eigenvalue weighted by Crippen LogP contribution is -2.53. The lowest BCUT2D eigenvalue weighted by atomic mass is 10.0. The molecule has 10 nitrogen and oxygen atoms in total. The van der Waals surface area contributed by atoms with Gasteiger partial charge in [-0.25, -0.2) is 8.42 Å². The maximum absolute atomic E-state index is 14.2. The van der Waals surface area contributed by atoms with E-state index in [1.54, 1.807) is 43.5 Å². The van der Waals surface area contributed by atoms with Gasteiger partial charge in [0, 0.05) is 25.6 Å².